The van der Waals surface area contributed by atoms with E-state index in [1.807, 2.05) is 0 Å². The average Bonchev–Trinajstić information content (AvgIpc) is 2.93. The Balaban J connectivity index is 2.55. The van der Waals surface area contributed by atoms with Crippen LogP contribution in [-0.2, 0) is 24.2 Å². The van der Waals surface area contributed by atoms with Crippen LogP contribution < -0.4 is 17.0 Å². The number of imidazole rings is 1. The second kappa shape index (κ2) is 7.37. The maximum atomic E-state index is 12.5. The molecule has 0 aliphatic rings. The van der Waals surface area contributed by atoms with Gasteiger partial charge >= 0.3 is 5.69 Å². The lowest BCUT2D eigenvalue weighted by Gasteiger charge is -2.09. The highest BCUT2D eigenvalue weighted by atomic mass is 16.5. The Bertz CT molecular complexity index is 743. The number of ether oxygens (including phenoxy) is 1. The van der Waals surface area contributed by atoms with E-state index in [1.165, 1.54) is 4.57 Å². The summed E-state index contributed by atoms with van der Waals surface area (Å²) in [5.41, 5.74) is 5.66. The third-order valence-corrected chi connectivity index (χ3v) is 3.57. The molecule has 2 aromatic heterocycles. The minimum absolute atomic E-state index is 0.322. The molecule has 0 aliphatic heterocycles. The van der Waals surface area contributed by atoms with E-state index in [9.17, 15) is 9.59 Å². The number of aryl methyl sites for hydroxylation is 2. The zero-order valence-electron chi connectivity index (χ0n) is 13.1. The van der Waals surface area contributed by atoms with Crippen molar-refractivity contribution in [3.05, 3.63) is 26.7 Å². The van der Waals surface area contributed by atoms with Gasteiger partial charge in [0.1, 0.15) is 11.3 Å². The Morgan fingerprint density at radius 2 is 2.05 bits per heavy atom. The Morgan fingerprint density at radius 3 is 2.68 bits per heavy atom. The number of nitrogens with zero attached hydrogens (tertiary/aromatic N) is 3. The number of fused-ring (bicyclic) bond motifs is 1. The van der Waals surface area contributed by atoms with Crippen LogP contribution in [0.4, 0.5) is 0 Å². The molecule has 0 radical (unpaired) electrons. The summed E-state index contributed by atoms with van der Waals surface area (Å²) in [4.78, 5) is 32.3. The van der Waals surface area contributed by atoms with Gasteiger partial charge in [-0.05, 0) is 26.3 Å². The summed E-state index contributed by atoms with van der Waals surface area (Å²) in [5, 5.41) is 0. The summed E-state index contributed by atoms with van der Waals surface area (Å²) in [7, 11) is 1.62. The molecule has 0 atom stereocenters. The van der Waals surface area contributed by atoms with Crippen molar-refractivity contribution >= 4 is 11.2 Å². The Kier molecular flexibility index (Phi) is 5.51. The van der Waals surface area contributed by atoms with Crippen molar-refractivity contribution in [2.24, 2.45) is 5.73 Å². The zero-order chi connectivity index (χ0) is 16.1. The monoisotopic (exact) mass is 309 g/mol. The molecule has 22 heavy (non-hydrogen) atoms. The van der Waals surface area contributed by atoms with E-state index < -0.39 is 0 Å². The second-order valence-electron chi connectivity index (χ2n) is 5.10. The number of nitrogens with two attached hydrogens (primary N) is 1. The number of hydrogen-bond donors (Lipinski definition) is 2. The van der Waals surface area contributed by atoms with E-state index in [1.54, 1.807) is 18.6 Å². The molecule has 0 saturated carbocycles. The first-order valence-corrected chi connectivity index (χ1v) is 7.55. The Morgan fingerprint density at radius 1 is 1.27 bits per heavy atom. The normalized spacial score (nSPS) is 11.4. The number of hydrogen-bond acceptors (Lipinski definition) is 5. The molecule has 0 aromatic carbocycles. The number of aromatic amines is 1. The van der Waals surface area contributed by atoms with Gasteiger partial charge in [0.2, 0.25) is 0 Å². The van der Waals surface area contributed by atoms with Gasteiger partial charge in [0.05, 0.1) is 0 Å². The molecule has 0 fully saturated rings. The molecule has 0 aliphatic carbocycles. The molecule has 8 heteroatoms. The van der Waals surface area contributed by atoms with Crippen LogP contribution in [0, 0.1) is 0 Å². The molecule has 2 rings (SSSR count). The maximum Gasteiger partial charge on any atom is 0.332 e. The molecule has 2 heterocycles. The lowest BCUT2D eigenvalue weighted by atomic mass is 10.3. The van der Waals surface area contributed by atoms with Crippen molar-refractivity contribution in [3.63, 3.8) is 0 Å². The molecule has 0 unspecified atom stereocenters. The van der Waals surface area contributed by atoms with Crippen LogP contribution in [0.5, 0.6) is 0 Å². The molecule has 8 nitrogen and oxygen atoms in total. The number of nitrogens with one attached hydrogen (secondary N) is 1. The number of rotatable bonds is 8. The highest BCUT2D eigenvalue weighted by Crippen LogP contribution is 2.08. The zero-order valence-corrected chi connectivity index (χ0v) is 13.1. The standard InChI is InChI=1S/C14H23N5O3/c1-3-18-13(20)11-12(17-10(16-11)6-4-7-15)19(14(18)21)8-5-9-22-2/h3-9,15H2,1-2H3,(H,16,17). The van der Waals surface area contributed by atoms with Crippen molar-refractivity contribution in [1.29, 1.82) is 0 Å². The second-order valence-corrected chi connectivity index (χ2v) is 5.10. The predicted molar refractivity (Wildman–Crippen MR) is 84.2 cm³/mol. The first-order chi connectivity index (χ1) is 10.6. The number of H-pyrrole nitrogens is 1. The van der Waals surface area contributed by atoms with Crippen molar-refractivity contribution < 1.29 is 4.74 Å². The summed E-state index contributed by atoms with van der Waals surface area (Å²) in [6, 6.07) is 0. The van der Waals surface area contributed by atoms with E-state index in [2.05, 4.69) is 9.97 Å². The van der Waals surface area contributed by atoms with E-state index in [-0.39, 0.29) is 11.2 Å². The molecular formula is C14H23N5O3. The van der Waals surface area contributed by atoms with Gasteiger partial charge in [0.15, 0.2) is 5.65 Å². The molecule has 0 bridgehead atoms. The van der Waals surface area contributed by atoms with E-state index >= 15 is 0 Å². The molecule has 3 N–H and O–H groups in total. The molecule has 2 aromatic rings. The van der Waals surface area contributed by atoms with Crippen LogP contribution in [0.1, 0.15) is 25.6 Å². The smallest absolute Gasteiger partial charge is 0.332 e. The van der Waals surface area contributed by atoms with E-state index in [0.29, 0.717) is 56.1 Å². The lowest BCUT2D eigenvalue weighted by Crippen LogP contribution is -2.39. The number of aromatic nitrogens is 4. The first kappa shape index (κ1) is 16.4. The van der Waals surface area contributed by atoms with Crippen LogP contribution in [0.2, 0.25) is 0 Å². The first-order valence-electron chi connectivity index (χ1n) is 7.55. The van der Waals surface area contributed by atoms with Crippen molar-refractivity contribution in [2.45, 2.75) is 39.3 Å². The SMILES string of the molecule is CCn1c(=O)c2[nH]c(CCCN)nc2n(CCCOC)c1=O. The quantitative estimate of drug-likeness (QED) is 0.658. The van der Waals surface area contributed by atoms with Gasteiger partial charge in [-0.3, -0.25) is 13.9 Å². The van der Waals surface area contributed by atoms with Crippen LogP contribution in [0.3, 0.4) is 0 Å². The van der Waals surface area contributed by atoms with E-state index in [4.69, 9.17) is 10.5 Å². The summed E-state index contributed by atoms with van der Waals surface area (Å²) < 4.78 is 7.79. The van der Waals surface area contributed by atoms with Gasteiger partial charge in [0, 0.05) is 33.2 Å². The third kappa shape index (κ3) is 3.12. The Labute approximate surface area is 127 Å². The van der Waals surface area contributed by atoms with Gasteiger partial charge in [0.25, 0.3) is 5.56 Å². The highest BCUT2D eigenvalue weighted by molar-refractivity contribution is 5.69. The number of methoxy groups -OCH3 is 1. The average molecular weight is 309 g/mol. The molecular weight excluding hydrogens is 286 g/mol. The largest absolute Gasteiger partial charge is 0.385 e. The fraction of sp³-hybridized carbons (Fsp3) is 0.643. The minimum atomic E-state index is -0.326. The summed E-state index contributed by atoms with van der Waals surface area (Å²) in [5.74, 6) is 0.686. The topological polar surface area (TPSA) is 108 Å². The molecule has 0 saturated heterocycles. The van der Waals surface area contributed by atoms with Crippen LogP contribution in [0.15, 0.2) is 9.59 Å². The van der Waals surface area contributed by atoms with Gasteiger partial charge in [-0.1, -0.05) is 0 Å². The highest BCUT2D eigenvalue weighted by Gasteiger charge is 2.16. The Hall–Kier alpha value is -1.93. The van der Waals surface area contributed by atoms with Crippen LogP contribution in [0.25, 0.3) is 11.2 Å². The lowest BCUT2D eigenvalue weighted by molar-refractivity contribution is 0.190. The van der Waals surface area contributed by atoms with Crippen LogP contribution >= 0.6 is 0 Å². The maximum absolute atomic E-state index is 12.5. The fourth-order valence-corrected chi connectivity index (χ4v) is 2.45. The van der Waals surface area contributed by atoms with Crippen molar-refractivity contribution in [2.75, 3.05) is 20.3 Å². The van der Waals surface area contributed by atoms with Gasteiger partial charge in [-0.15, -0.1) is 0 Å². The fourth-order valence-electron chi connectivity index (χ4n) is 2.45. The van der Waals surface area contributed by atoms with E-state index in [0.717, 1.165) is 6.42 Å². The van der Waals surface area contributed by atoms with Gasteiger partial charge < -0.3 is 15.5 Å². The van der Waals surface area contributed by atoms with Crippen molar-refractivity contribution in [1.82, 2.24) is 19.1 Å². The predicted octanol–water partition coefficient (Wildman–Crippen LogP) is -0.166. The summed E-state index contributed by atoms with van der Waals surface area (Å²) in [6.45, 7) is 3.67. The molecule has 122 valence electrons. The van der Waals surface area contributed by atoms with Gasteiger partial charge in [-0.2, -0.15) is 0 Å². The van der Waals surface area contributed by atoms with Crippen LogP contribution in [-0.4, -0.2) is 39.4 Å². The summed E-state index contributed by atoms with van der Waals surface area (Å²) in [6.07, 6.45) is 2.11. The minimum Gasteiger partial charge on any atom is -0.385 e. The molecule has 0 spiro atoms. The van der Waals surface area contributed by atoms with Gasteiger partial charge in [-0.25, -0.2) is 9.78 Å². The van der Waals surface area contributed by atoms with Crippen molar-refractivity contribution in [3.8, 4) is 0 Å². The third-order valence-electron chi connectivity index (χ3n) is 3.57. The molecule has 0 amide bonds. The summed E-state index contributed by atoms with van der Waals surface area (Å²) >= 11 is 0.